The average molecular weight is 289 g/mol. The summed E-state index contributed by atoms with van der Waals surface area (Å²) in [6.45, 7) is 5.18. The van der Waals surface area contributed by atoms with Crippen LogP contribution in [0.3, 0.4) is 0 Å². The van der Waals surface area contributed by atoms with Gasteiger partial charge in [-0.25, -0.2) is 0 Å². The van der Waals surface area contributed by atoms with Gasteiger partial charge in [-0.3, -0.25) is 4.79 Å². The Labute approximate surface area is 123 Å². The molecule has 2 aromatic heterocycles. The standard InChI is InChI=1S/C15H19N3O3/c1-3-13-16-14(21-17-13)11-5-4-7-18(9-11)15(19)12-6-8-20-10(12)2/h6,8,11H,3-5,7,9H2,1-2H3/t11-/m0/s1. The van der Waals surface area contributed by atoms with Gasteiger partial charge in [-0.1, -0.05) is 12.1 Å². The molecule has 3 rings (SSSR count). The maximum absolute atomic E-state index is 12.5. The molecular weight excluding hydrogens is 270 g/mol. The third-order valence-corrected chi connectivity index (χ3v) is 3.95. The second-order valence-corrected chi connectivity index (χ2v) is 5.38. The third-order valence-electron chi connectivity index (χ3n) is 3.95. The number of hydrogen-bond acceptors (Lipinski definition) is 5. The van der Waals surface area contributed by atoms with Crippen molar-refractivity contribution in [2.75, 3.05) is 13.1 Å². The van der Waals surface area contributed by atoms with Gasteiger partial charge in [0.05, 0.1) is 17.7 Å². The summed E-state index contributed by atoms with van der Waals surface area (Å²) in [5.74, 6) is 2.17. The molecule has 0 N–H and O–H groups in total. The van der Waals surface area contributed by atoms with E-state index in [1.54, 1.807) is 19.3 Å². The number of carbonyl (C=O) groups excluding carboxylic acids is 1. The van der Waals surface area contributed by atoms with Crippen molar-refractivity contribution in [2.24, 2.45) is 0 Å². The SMILES string of the molecule is CCc1noc([C@H]2CCCN(C(=O)c3ccoc3C)C2)n1. The molecular formula is C15H19N3O3. The second kappa shape index (κ2) is 5.71. The van der Waals surface area contributed by atoms with Crippen molar-refractivity contribution in [3.63, 3.8) is 0 Å². The summed E-state index contributed by atoms with van der Waals surface area (Å²) in [4.78, 5) is 18.8. The van der Waals surface area contributed by atoms with Crippen LogP contribution in [0.4, 0.5) is 0 Å². The molecule has 2 aromatic rings. The van der Waals surface area contributed by atoms with Crippen molar-refractivity contribution >= 4 is 5.91 Å². The molecule has 6 heteroatoms. The lowest BCUT2D eigenvalue weighted by atomic mass is 9.97. The van der Waals surface area contributed by atoms with Gasteiger partial charge >= 0.3 is 0 Å². The molecule has 0 unspecified atom stereocenters. The fraction of sp³-hybridized carbons (Fsp3) is 0.533. The van der Waals surface area contributed by atoms with Crippen LogP contribution in [-0.2, 0) is 6.42 Å². The van der Waals surface area contributed by atoms with E-state index in [4.69, 9.17) is 8.94 Å². The zero-order valence-electron chi connectivity index (χ0n) is 12.3. The Balaban J connectivity index is 1.74. The molecule has 112 valence electrons. The molecule has 0 radical (unpaired) electrons. The van der Waals surface area contributed by atoms with E-state index in [0.717, 1.165) is 31.6 Å². The third kappa shape index (κ3) is 2.70. The lowest BCUT2D eigenvalue weighted by Gasteiger charge is -2.30. The Morgan fingerprint density at radius 3 is 3.05 bits per heavy atom. The molecule has 6 nitrogen and oxygen atoms in total. The number of piperidine rings is 1. The number of carbonyl (C=O) groups is 1. The predicted molar refractivity (Wildman–Crippen MR) is 75.0 cm³/mol. The summed E-state index contributed by atoms with van der Waals surface area (Å²) in [6, 6.07) is 1.73. The number of furan rings is 1. The highest BCUT2D eigenvalue weighted by Crippen LogP contribution is 2.27. The smallest absolute Gasteiger partial charge is 0.257 e. The van der Waals surface area contributed by atoms with Crippen LogP contribution in [-0.4, -0.2) is 34.0 Å². The zero-order chi connectivity index (χ0) is 14.8. The number of aromatic nitrogens is 2. The van der Waals surface area contributed by atoms with Crippen LogP contribution >= 0.6 is 0 Å². The Bertz CT molecular complexity index is 632. The first-order valence-corrected chi connectivity index (χ1v) is 7.35. The molecule has 0 aliphatic carbocycles. The number of aryl methyl sites for hydroxylation is 2. The van der Waals surface area contributed by atoms with E-state index in [1.165, 1.54) is 0 Å². The molecule has 3 heterocycles. The van der Waals surface area contributed by atoms with Gasteiger partial charge in [0.15, 0.2) is 5.82 Å². The number of nitrogens with zero attached hydrogens (tertiary/aromatic N) is 3. The summed E-state index contributed by atoms with van der Waals surface area (Å²) < 4.78 is 10.5. The van der Waals surface area contributed by atoms with Gasteiger partial charge in [-0.2, -0.15) is 4.98 Å². The lowest BCUT2D eigenvalue weighted by molar-refractivity contribution is 0.0694. The van der Waals surface area contributed by atoms with Crippen LogP contribution in [0.15, 0.2) is 21.3 Å². The number of likely N-dealkylation sites (tertiary alicyclic amines) is 1. The van der Waals surface area contributed by atoms with Gasteiger partial charge in [0.25, 0.3) is 5.91 Å². The fourth-order valence-corrected chi connectivity index (χ4v) is 2.72. The minimum atomic E-state index is 0.0150. The van der Waals surface area contributed by atoms with Crippen molar-refractivity contribution in [3.8, 4) is 0 Å². The first kappa shape index (κ1) is 13.9. The molecule has 0 spiro atoms. The highest BCUT2D eigenvalue weighted by Gasteiger charge is 2.29. The number of hydrogen-bond donors (Lipinski definition) is 0. The van der Waals surface area contributed by atoms with Gasteiger partial charge in [0, 0.05) is 19.5 Å². The van der Waals surface area contributed by atoms with Gasteiger partial charge in [0.2, 0.25) is 5.89 Å². The van der Waals surface area contributed by atoms with Crippen molar-refractivity contribution in [1.29, 1.82) is 0 Å². The quantitative estimate of drug-likeness (QED) is 0.868. The van der Waals surface area contributed by atoms with Crippen LogP contribution in [0.2, 0.25) is 0 Å². The molecule has 1 amide bonds. The maximum Gasteiger partial charge on any atom is 0.257 e. The summed E-state index contributed by atoms with van der Waals surface area (Å²) in [6.07, 6.45) is 4.22. The molecule has 1 aliphatic rings. The van der Waals surface area contributed by atoms with Crippen LogP contribution in [0.1, 0.15) is 53.5 Å². The van der Waals surface area contributed by atoms with Gasteiger partial charge in [-0.05, 0) is 25.8 Å². The minimum absolute atomic E-state index is 0.0150. The summed E-state index contributed by atoms with van der Waals surface area (Å²) in [5, 5.41) is 3.94. The maximum atomic E-state index is 12.5. The molecule has 0 saturated carbocycles. The van der Waals surface area contributed by atoms with Gasteiger partial charge in [0.1, 0.15) is 5.76 Å². The van der Waals surface area contributed by atoms with Gasteiger partial charge in [-0.15, -0.1) is 0 Å². The first-order valence-electron chi connectivity index (χ1n) is 7.35. The molecule has 0 aromatic carbocycles. The summed E-state index contributed by atoms with van der Waals surface area (Å²) in [7, 11) is 0. The Morgan fingerprint density at radius 2 is 2.38 bits per heavy atom. The van der Waals surface area contributed by atoms with Crippen molar-refractivity contribution in [3.05, 3.63) is 35.4 Å². The predicted octanol–water partition coefficient (Wildman–Crippen LogP) is 2.55. The number of amides is 1. The number of rotatable bonds is 3. The van der Waals surface area contributed by atoms with E-state index >= 15 is 0 Å². The Hall–Kier alpha value is -2.11. The zero-order valence-corrected chi connectivity index (χ0v) is 12.3. The van der Waals surface area contributed by atoms with E-state index in [9.17, 15) is 4.79 Å². The molecule has 21 heavy (non-hydrogen) atoms. The van der Waals surface area contributed by atoms with Gasteiger partial charge < -0.3 is 13.8 Å². The Morgan fingerprint density at radius 1 is 1.52 bits per heavy atom. The van der Waals surface area contributed by atoms with E-state index in [2.05, 4.69) is 10.1 Å². The lowest BCUT2D eigenvalue weighted by Crippen LogP contribution is -2.39. The monoisotopic (exact) mass is 289 g/mol. The minimum Gasteiger partial charge on any atom is -0.469 e. The van der Waals surface area contributed by atoms with Crippen molar-refractivity contribution in [2.45, 2.75) is 39.0 Å². The molecule has 1 fully saturated rings. The Kier molecular flexibility index (Phi) is 3.77. The van der Waals surface area contributed by atoms with Crippen LogP contribution in [0, 0.1) is 6.92 Å². The van der Waals surface area contributed by atoms with Crippen LogP contribution in [0.25, 0.3) is 0 Å². The van der Waals surface area contributed by atoms with Crippen LogP contribution in [0.5, 0.6) is 0 Å². The second-order valence-electron chi connectivity index (χ2n) is 5.38. The van der Waals surface area contributed by atoms with E-state index in [-0.39, 0.29) is 11.8 Å². The highest BCUT2D eigenvalue weighted by molar-refractivity contribution is 5.95. The molecule has 1 aliphatic heterocycles. The largest absolute Gasteiger partial charge is 0.469 e. The summed E-state index contributed by atoms with van der Waals surface area (Å²) in [5.41, 5.74) is 0.635. The van der Waals surface area contributed by atoms with E-state index in [0.29, 0.717) is 23.8 Å². The highest BCUT2D eigenvalue weighted by atomic mass is 16.5. The molecule has 1 atom stereocenters. The van der Waals surface area contributed by atoms with Crippen molar-refractivity contribution < 1.29 is 13.7 Å². The molecule has 1 saturated heterocycles. The topological polar surface area (TPSA) is 72.4 Å². The van der Waals surface area contributed by atoms with Crippen LogP contribution < -0.4 is 0 Å². The average Bonchev–Trinajstić information content (AvgIpc) is 3.15. The van der Waals surface area contributed by atoms with E-state index < -0.39 is 0 Å². The summed E-state index contributed by atoms with van der Waals surface area (Å²) >= 11 is 0. The van der Waals surface area contributed by atoms with E-state index in [1.807, 2.05) is 11.8 Å². The van der Waals surface area contributed by atoms with Crippen molar-refractivity contribution in [1.82, 2.24) is 15.0 Å². The first-order chi connectivity index (χ1) is 10.2. The normalized spacial score (nSPS) is 19.0. The molecule has 0 bridgehead atoms. The fourth-order valence-electron chi connectivity index (χ4n) is 2.72.